The Hall–Kier alpha value is -3.41. The molecule has 1 aromatic heterocycles. The van der Waals surface area contributed by atoms with Crippen LogP contribution in [-0.2, 0) is 11.3 Å². The third kappa shape index (κ3) is 3.95. The van der Waals surface area contributed by atoms with E-state index in [0.29, 0.717) is 24.4 Å². The first-order chi connectivity index (χ1) is 16.6. The highest BCUT2D eigenvalue weighted by molar-refractivity contribution is 5.99. The number of aromatic nitrogens is 1. The predicted octanol–water partition coefficient (Wildman–Crippen LogP) is 2.41. The summed E-state index contributed by atoms with van der Waals surface area (Å²) in [7, 11) is 0. The number of nitrogens with zero attached hydrogens (tertiary/aromatic N) is 2. The van der Waals surface area contributed by atoms with Crippen LogP contribution in [0.15, 0.2) is 29.2 Å². The number of alkyl halides is 2. The summed E-state index contributed by atoms with van der Waals surface area (Å²) >= 11 is 0. The Morgan fingerprint density at radius 3 is 2.57 bits per heavy atom. The van der Waals surface area contributed by atoms with Crippen LogP contribution in [0.3, 0.4) is 0 Å². The Kier molecular flexibility index (Phi) is 5.58. The van der Waals surface area contributed by atoms with Crippen molar-refractivity contribution in [2.75, 3.05) is 6.54 Å². The van der Waals surface area contributed by atoms with E-state index in [9.17, 15) is 37.1 Å². The van der Waals surface area contributed by atoms with E-state index in [1.165, 1.54) is 9.47 Å². The number of hydrogen-bond acceptors (Lipinski definition) is 5. The normalized spacial score (nSPS) is 25.9. The van der Waals surface area contributed by atoms with E-state index in [4.69, 9.17) is 4.74 Å². The number of aromatic hydroxyl groups is 1. The molecule has 0 spiro atoms. The highest BCUT2D eigenvalue weighted by atomic mass is 19.3. The van der Waals surface area contributed by atoms with Crippen molar-refractivity contribution in [1.82, 2.24) is 14.8 Å². The molecule has 1 aromatic carbocycles. The Morgan fingerprint density at radius 1 is 1.23 bits per heavy atom. The number of hydrogen-bond donors (Lipinski definition) is 2. The van der Waals surface area contributed by atoms with E-state index >= 15 is 0 Å². The van der Waals surface area contributed by atoms with Crippen molar-refractivity contribution < 1.29 is 37.0 Å². The first kappa shape index (κ1) is 23.3. The second-order valence-electron chi connectivity index (χ2n) is 9.14. The molecule has 8 nitrogen and oxygen atoms in total. The number of pyridine rings is 1. The largest absolute Gasteiger partial charge is 0.503 e. The van der Waals surface area contributed by atoms with Crippen LogP contribution in [0.25, 0.3) is 0 Å². The molecule has 186 valence electrons. The molecule has 2 amide bonds. The number of benzene rings is 1. The van der Waals surface area contributed by atoms with Crippen LogP contribution >= 0.6 is 0 Å². The van der Waals surface area contributed by atoms with Gasteiger partial charge in [0.2, 0.25) is 5.43 Å². The number of amides is 2. The fourth-order valence-electron chi connectivity index (χ4n) is 4.82. The lowest BCUT2D eigenvalue weighted by atomic mass is 10.1. The van der Waals surface area contributed by atoms with Gasteiger partial charge in [-0.15, -0.1) is 0 Å². The molecule has 1 aliphatic carbocycles. The zero-order chi connectivity index (χ0) is 25.2. The van der Waals surface area contributed by atoms with Crippen LogP contribution in [0.5, 0.6) is 5.75 Å². The standard InChI is InChI=1S/C23H21F4N3O5/c1-9-4-12(9)15-7-30-16(35-15)8-29-6-13(19(31)20(32)18(29)23(30)34)22(33)28-17(21(26)27)11-3-2-10(24)5-14(11)25/h2-3,5-6,9,12,15-17,21,32H,4,7-8H2,1H3,(H,28,33)/t9-,12-,15?,16+,17-/m0/s1. The van der Waals surface area contributed by atoms with Gasteiger partial charge in [0.15, 0.2) is 17.7 Å². The van der Waals surface area contributed by atoms with Crippen molar-refractivity contribution in [1.29, 1.82) is 0 Å². The number of carbonyl (C=O) groups excluding carboxylic acids is 2. The number of rotatable bonds is 5. The van der Waals surface area contributed by atoms with E-state index in [1.54, 1.807) is 0 Å². The average molecular weight is 495 g/mol. The molecule has 2 aromatic rings. The van der Waals surface area contributed by atoms with Gasteiger partial charge in [0, 0.05) is 17.8 Å². The van der Waals surface area contributed by atoms with Gasteiger partial charge in [0.25, 0.3) is 18.2 Å². The van der Waals surface area contributed by atoms with Gasteiger partial charge in [-0.3, -0.25) is 14.4 Å². The second-order valence-corrected chi connectivity index (χ2v) is 9.14. The molecule has 3 heterocycles. The van der Waals surface area contributed by atoms with E-state index in [2.05, 4.69) is 6.92 Å². The quantitative estimate of drug-likeness (QED) is 0.621. The van der Waals surface area contributed by atoms with Crippen molar-refractivity contribution in [3.05, 3.63) is 63.1 Å². The number of halogens is 4. The van der Waals surface area contributed by atoms with E-state index in [-0.39, 0.29) is 18.3 Å². The SMILES string of the molecule is C[C@H]1C[C@@H]1C1CN2C(=O)c3c(O)c(=O)c(C(=O)N[C@@H](c4ccc(F)cc4F)C(F)F)cn3C[C@H]2O1. The fraction of sp³-hybridized carbons (Fsp3) is 0.435. The minimum absolute atomic E-state index is 0.0116. The van der Waals surface area contributed by atoms with Crippen molar-refractivity contribution in [2.45, 2.75) is 44.7 Å². The Bertz CT molecular complexity index is 1280. The molecule has 2 aliphatic heterocycles. The third-order valence-electron chi connectivity index (χ3n) is 6.86. The van der Waals surface area contributed by atoms with Crippen molar-refractivity contribution in [3.8, 4) is 5.75 Å². The van der Waals surface area contributed by atoms with Crippen molar-refractivity contribution >= 4 is 11.8 Å². The molecule has 2 N–H and O–H groups in total. The smallest absolute Gasteiger partial charge is 0.276 e. The lowest BCUT2D eigenvalue weighted by Crippen LogP contribution is -2.46. The molecule has 5 rings (SSSR count). The highest BCUT2D eigenvalue weighted by Crippen LogP contribution is 2.45. The average Bonchev–Trinajstić information content (AvgIpc) is 3.36. The highest BCUT2D eigenvalue weighted by Gasteiger charge is 2.50. The summed E-state index contributed by atoms with van der Waals surface area (Å²) in [4.78, 5) is 39.9. The summed E-state index contributed by atoms with van der Waals surface area (Å²) in [5.74, 6) is -4.47. The first-order valence-electron chi connectivity index (χ1n) is 11.0. The van der Waals surface area contributed by atoms with Gasteiger partial charge in [0.05, 0.1) is 19.2 Å². The van der Waals surface area contributed by atoms with Gasteiger partial charge < -0.3 is 24.6 Å². The summed E-state index contributed by atoms with van der Waals surface area (Å²) in [5, 5.41) is 12.4. The Balaban J connectivity index is 1.44. The molecule has 2 fully saturated rings. The number of nitrogens with one attached hydrogen (secondary N) is 1. The molecule has 0 bridgehead atoms. The maximum absolute atomic E-state index is 14.1. The molecule has 12 heteroatoms. The van der Waals surface area contributed by atoms with Gasteiger partial charge in [-0.25, -0.2) is 17.6 Å². The Morgan fingerprint density at radius 2 is 1.94 bits per heavy atom. The maximum Gasteiger partial charge on any atom is 0.276 e. The summed E-state index contributed by atoms with van der Waals surface area (Å²) in [6.45, 7) is 2.40. The number of fused-ring (bicyclic) bond motifs is 2. The van der Waals surface area contributed by atoms with Crippen LogP contribution in [-0.4, -0.2) is 51.7 Å². The van der Waals surface area contributed by atoms with Gasteiger partial charge in [-0.1, -0.05) is 13.0 Å². The molecule has 0 radical (unpaired) electrons. The zero-order valence-corrected chi connectivity index (χ0v) is 18.4. The summed E-state index contributed by atoms with van der Waals surface area (Å²) < 4.78 is 61.7. The molecule has 1 saturated carbocycles. The summed E-state index contributed by atoms with van der Waals surface area (Å²) in [6, 6.07) is -0.276. The summed E-state index contributed by atoms with van der Waals surface area (Å²) in [5.41, 5.74) is -2.96. The van der Waals surface area contributed by atoms with Crippen LogP contribution in [0.4, 0.5) is 17.6 Å². The van der Waals surface area contributed by atoms with Gasteiger partial charge in [-0.2, -0.15) is 0 Å². The zero-order valence-electron chi connectivity index (χ0n) is 18.4. The van der Waals surface area contributed by atoms with Gasteiger partial charge in [-0.05, 0) is 24.3 Å². The number of ether oxygens (including phenoxy) is 1. The monoisotopic (exact) mass is 495 g/mol. The van der Waals surface area contributed by atoms with E-state index in [1.807, 2.05) is 5.32 Å². The minimum atomic E-state index is -3.29. The van der Waals surface area contributed by atoms with Crippen LogP contribution in [0.1, 0.15) is 45.8 Å². The first-order valence-corrected chi connectivity index (χ1v) is 11.0. The third-order valence-corrected chi connectivity index (χ3v) is 6.86. The second kappa shape index (κ2) is 8.36. The number of carbonyl (C=O) groups is 2. The topological polar surface area (TPSA) is 101 Å². The molecule has 35 heavy (non-hydrogen) atoms. The molecule has 1 saturated heterocycles. The predicted molar refractivity (Wildman–Crippen MR) is 112 cm³/mol. The fourth-order valence-corrected chi connectivity index (χ4v) is 4.82. The van der Waals surface area contributed by atoms with Crippen LogP contribution < -0.4 is 10.7 Å². The molecule has 3 aliphatic rings. The maximum atomic E-state index is 14.1. The molecular formula is C23H21F4N3O5. The van der Waals surface area contributed by atoms with Crippen molar-refractivity contribution in [3.63, 3.8) is 0 Å². The van der Waals surface area contributed by atoms with Crippen molar-refractivity contribution in [2.24, 2.45) is 11.8 Å². The molecule has 1 unspecified atom stereocenters. The van der Waals surface area contributed by atoms with Crippen LogP contribution in [0.2, 0.25) is 0 Å². The Labute approximate surface area is 196 Å². The lowest BCUT2D eigenvalue weighted by molar-refractivity contribution is -0.0210. The molecule has 5 atom stereocenters. The molecular weight excluding hydrogens is 474 g/mol. The minimum Gasteiger partial charge on any atom is -0.503 e. The van der Waals surface area contributed by atoms with E-state index in [0.717, 1.165) is 24.8 Å². The van der Waals surface area contributed by atoms with E-state index < -0.39 is 64.4 Å². The van der Waals surface area contributed by atoms with Gasteiger partial charge >= 0.3 is 0 Å². The lowest BCUT2D eigenvalue weighted by Gasteiger charge is -2.31. The van der Waals surface area contributed by atoms with Gasteiger partial charge in [0.1, 0.15) is 23.2 Å². The summed E-state index contributed by atoms with van der Waals surface area (Å²) in [6.07, 6.45) is -2.19. The van der Waals surface area contributed by atoms with Crippen LogP contribution in [0, 0.1) is 23.5 Å².